The van der Waals surface area contributed by atoms with E-state index in [2.05, 4.69) is 56.2 Å². The molecular weight excluding hydrogens is 410 g/mol. The van der Waals surface area contributed by atoms with Crippen molar-refractivity contribution in [3.63, 3.8) is 0 Å². The van der Waals surface area contributed by atoms with Crippen molar-refractivity contribution in [2.24, 2.45) is 0 Å². The van der Waals surface area contributed by atoms with Gasteiger partial charge < -0.3 is 5.32 Å². The number of carbonyl (C=O) groups is 1. The van der Waals surface area contributed by atoms with E-state index in [4.69, 9.17) is 0 Å². The third-order valence-corrected chi connectivity index (χ3v) is 6.83. The summed E-state index contributed by atoms with van der Waals surface area (Å²) in [5.41, 5.74) is 0. The van der Waals surface area contributed by atoms with E-state index in [9.17, 15) is 4.79 Å². The molecule has 0 bridgehead atoms. The maximum absolute atomic E-state index is 12.1. The van der Waals surface area contributed by atoms with Crippen LogP contribution in [-0.4, -0.2) is 11.9 Å². The van der Waals surface area contributed by atoms with Crippen molar-refractivity contribution in [1.82, 2.24) is 5.32 Å². The molecule has 1 N–H and O–H groups in total. The van der Waals surface area contributed by atoms with Gasteiger partial charge in [0.25, 0.3) is 5.91 Å². The molecule has 19 heavy (non-hydrogen) atoms. The van der Waals surface area contributed by atoms with Crippen LogP contribution in [0.3, 0.4) is 0 Å². The molecule has 1 unspecified atom stereocenters. The molecule has 2 heterocycles. The van der Waals surface area contributed by atoms with Gasteiger partial charge in [0.15, 0.2) is 0 Å². The minimum atomic E-state index is -0.0165. The maximum Gasteiger partial charge on any atom is 0.261 e. The molecule has 102 valence electrons. The quantitative estimate of drug-likeness (QED) is 0.737. The zero-order valence-corrected chi connectivity index (χ0v) is 15.3. The molecule has 2 rings (SSSR count). The Kier molecular flexibility index (Phi) is 5.22. The van der Waals surface area contributed by atoms with Crippen molar-refractivity contribution in [1.29, 1.82) is 0 Å². The molecule has 0 aliphatic heterocycles. The molecule has 0 aliphatic rings. The van der Waals surface area contributed by atoms with Gasteiger partial charge in [-0.2, -0.15) is 0 Å². The molecule has 0 aromatic carbocycles. The lowest BCUT2D eigenvalue weighted by atomic mass is 10.2. The van der Waals surface area contributed by atoms with Gasteiger partial charge in [-0.05, 0) is 63.9 Å². The van der Waals surface area contributed by atoms with Gasteiger partial charge in [-0.25, -0.2) is 0 Å². The summed E-state index contributed by atoms with van der Waals surface area (Å²) in [4.78, 5) is 15.4. The fourth-order valence-corrected chi connectivity index (χ4v) is 4.66. The molecule has 2 aromatic heterocycles. The molecule has 2 aromatic rings. The highest BCUT2D eigenvalue weighted by Crippen LogP contribution is 2.32. The van der Waals surface area contributed by atoms with Crippen molar-refractivity contribution in [2.75, 3.05) is 0 Å². The van der Waals surface area contributed by atoms with Crippen LogP contribution in [0.2, 0.25) is 0 Å². The molecule has 0 fully saturated rings. The van der Waals surface area contributed by atoms with E-state index < -0.39 is 0 Å². The Bertz CT molecular complexity index is 572. The predicted octanol–water partition coefficient (Wildman–Crippen LogP) is 5.00. The van der Waals surface area contributed by atoms with Crippen LogP contribution < -0.4 is 5.32 Å². The van der Waals surface area contributed by atoms with Crippen molar-refractivity contribution in [3.8, 4) is 0 Å². The van der Waals surface area contributed by atoms with Crippen molar-refractivity contribution in [3.05, 3.63) is 41.1 Å². The van der Waals surface area contributed by atoms with Gasteiger partial charge in [0, 0.05) is 26.7 Å². The lowest BCUT2D eigenvalue weighted by Gasteiger charge is -2.11. The van der Waals surface area contributed by atoms with Crippen molar-refractivity contribution < 1.29 is 4.79 Å². The second-order valence-electron chi connectivity index (χ2n) is 4.32. The van der Waals surface area contributed by atoms with Crippen LogP contribution in [0.25, 0.3) is 0 Å². The van der Waals surface area contributed by atoms with Crippen LogP contribution in [0, 0.1) is 6.92 Å². The highest BCUT2D eigenvalue weighted by Gasteiger charge is 2.14. The first-order chi connectivity index (χ1) is 8.95. The maximum atomic E-state index is 12.1. The number of nitrogens with one attached hydrogen (secondary N) is 1. The summed E-state index contributed by atoms with van der Waals surface area (Å²) in [5.74, 6) is -0.0165. The molecular formula is C13H13Br2NOS2. The average Bonchev–Trinajstić information content (AvgIpc) is 2.86. The lowest BCUT2D eigenvalue weighted by Crippen LogP contribution is -2.33. The summed E-state index contributed by atoms with van der Waals surface area (Å²) in [7, 11) is 0. The third kappa shape index (κ3) is 4.15. The first-order valence-electron chi connectivity index (χ1n) is 5.76. The fraction of sp³-hybridized carbons (Fsp3) is 0.308. The normalized spacial score (nSPS) is 12.4. The zero-order chi connectivity index (χ0) is 14.0. The summed E-state index contributed by atoms with van der Waals surface area (Å²) in [6.45, 7) is 4.13. The van der Waals surface area contributed by atoms with E-state index >= 15 is 0 Å². The van der Waals surface area contributed by atoms with E-state index in [1.165, 1.54) is 21.1 Å². The number of thiophene rings is 2. The summed E-state index contributed by atoms with van der Waals surface area (Å²) in [6.07, 6.45) is 0.873. The lowest BCUT2D eigenvalue weighted by molar-refractivity contribution is 0.0944. The largest absolute Gasteiger partial charge is 0.349 e. The van der Waals surface area contributed by atoms with Crippen LogP contribution in [0.4, 0.5) is 0 Å². The number of halogens is 2. The van der Waals surface area contributed by atoms with Gasteiger partial charge in [-0.3, -0.25) is 4.79 Å². The Morgan fingerprint density at radius 2 is 2.11 bits per heavy atom. The molecule has 1 atom stereocenters. The Balaban J connectivity index is 1.95. The van der Waals surface area contributed by atoms with E-state index in [0.29, 0.717) is 4.88 Å². The molecule has 6 heteroatoms. The first-order valence-corrected chi connectivity index (χ1v) is 8.98. The second-order valence-corrected chi connectivity index (χ2v) is 8.92. The Morgan fingerprint density at radius 3 is 2.63 bits per heavy atom. The predicted molar refractivity (Wildman–Crippen MR) is 89.4 cm³/mol. The van der Waals surface area contributed by atoms with Crippen LogP contribution in [0.15, 0.2) is 26.5 Å². The average molecular weight is 423 g/mol. The Labute approximate surface area is 137 Å². The molecule has 0 spiro atoms. The van der Waals surface area contributed by atoms with Crippen molar-refractivity contribution in [2.45, 2.75) is 26.3 Å². The smallest absolute Gasteiger partial charge is 0.261 e. The van der Waals surface area contributed by atoms with Gasteiger partial charge in [-0.15, -0.1) is 22.7 Å². The van der Waals surface area contributed by atoms with Gasteiger partial charge in [0.1, 0.15) is 0 Å². The minimum absolute atomic E-state index is 0.0165. The van der Waals surface area contributed by atoms with E-state index in [0.717, 1.165) is 14.7 Å². The highest BCUT2D eigenvalue weighted by atomic mass is 79.9. The fourth-order valence-electron chi connectivity index (χ4n) is 1.70. The topological polar surface area (TPSA) is 29.1 Å². The zero-order valence-electron chi connectivity index (χ0n) is 10.5. The molecule has 0 saturated heterocycles. The number of hydrogen-bond donors (Lipinski definition) is 1. The van der Waals surface area contributed by atoms with Crippen LogP contribution in [0.1, 0.15) is 26.3 Å². The van der Waals surface area contributed by atoms with Gasteiger partial charge in [0.05, 0.1) is 8.66 Å². The van der Waals surface area contributed by atoms with E-state index in [1.54, 1.807) is 11.3 Å². The molecule has 0 saturated carbocycles. The van der Waals surface area contributed by atoms with Crippen molar-refractivity contribution >= 4 is 60.4 Å². The Morgan fingerprint density at radius 1 is 1.37 bits per heavy atom. The first kappa shape index (κ1) is 15.2. The number of carbonyl (C=O) groups excluding carboxylic acids is 1. The number of aryl methyl sites for hydroxylation is 1. The SMILES string of the molecule is Cc1ccc(CC(C)NC(=O)c2cc(Br)c(Br)s2)s1. The summed E-state index contributed by atoms with van der Waals surface area (Å²) >= 11 is 10.0. The van der Waals surface area contributed by atoms with E-state index in [1.807, 2.05) is 13.0 Å². The third-order valence-electron chi connectivity index (χ3n) is 2.55. The summed E-state index contributed by atoms with van der Waals surface area (Å²) < 4.78 is 1.86. The molecule has 0 radical (unpaired) electrons. The number of amides is 1. The van der Waals surface area contributed by atoms with E-state index in [-0.39, 0.29) is 11.9 Å². The summed E-state index contributed by atoms with van der Waals surface area (Å²) in [6, 6.07) is 6.21. The second kappa shape index (κ2) is 6.52. The monoisotopic (exact) mass is 421 g/mol. The van der Waals surface area contributed by atoms with Crippen LogP contribution >= 0.6 is 54.5 Å². The standard InChI is InChI=1S/C13H13Br2NOS2/c1-7(5-9-4-3-8(2)18-9)16-13(17)11-6-10(14)12(15)19-11/h3-4,6-7H,5H2,1-2H3,(H,16,17). The molecule has 1 amide bonds. The van der Waals surface area contributed by atoms with Gasteiger partial charge in [-0.1, -0.05) is 0 Å². The highest BCUT2D eigenvalue weighted by molar-refractivity contribution is 9.13. The number of rotatable bonds is 4. The molecule has 0 aliphatic carbocycles. The van der Waals surface area contributed by atoms with Crippen LogP contribution in [0.5, 0.6) is 0 Å². The minimum Gasteiger partial charge on any atom is -0.349 e. The Hall–Kier alpha value is -0.170. The van der Waals surface area contributed by atoms with Gasteiger partial charge in [0.2, 0.25) is 0 Å². The van der Waals surface area contributed by atoms with Crippen LogP contribution in [-0.2, 0) is 6.42 Å². The van der Waals surface area contributed by atoms with Gasteiger partial charge >= 0.3 is 0 Å². The number of hydrogen-bond acceptors (Lipinski definition) is 3. The summed E-state index contributed by atoms with van der Waals surface area (Å²) in [5, 5.41) is 3.03. The molecule has 2 nitrogen and oxygen atoms in total.